The molecule has 1 rings (SSSR count). The Kier molecular flexibility index (Phi) is 4.96. The van der Waals surface area contributed by atoms with E-state index in [0.29, 0.717) is 17.7 Å². The molecule has 17 heavy (non-hydrogen) atoms. The molecular formula is C12H19NO3S. The van der Waals surface area contributed by atoms with E-state index in [1.54, 1.807) is 12.1 Å². The SMILES string of the molecule is CCCCCCc1ccc(N)cc1S(=O)(=O)O. The lowest BCUT2D eigenvalue weighted by Crippen LogP contribution is -2.04. The van der Waals surface area contributed by atoms with E-state index in [-0.39, 0.29) is 4.90 Å². The summed E-state index contributed by atoms with van der Waals surface area (Å²) in [6.45, 7) is 2.12. The Morgan fingerprint density at radius 3 is 2.53 bits per heavy atom. The maximum absolute atomic E-state index is 11.2. The fourth-order valence-corrected chi connectivity index (χ4v) is 2.55. The van der Waals surface area contributed by atoms with Gasteiger partial charge in [0, 0.05) is 5.69 Å². The Bertz CT molecular complexity index is 469. The summed E-state index contributed by atoms with van der Waals surface area (Å²) in [7, 11) is -4.18. The zero-order valence-corrected chi connectivity index (χ0v) is 10.8. The summed E-state index contributed by atoms with van der Waals surface area (Å²) in [5.41, 5.74) is 6.50. The minimum Gasteiger partial charge on any atom is -0.399 e. The number of unbranched alkanes of at least 4 members (excludes halogenated alkanes) is 3. The molecule has 96 valence electrons. The van der Waals surface area contributed by atoms with Crippen LogP contribution in [0, 0.1) is 0 Å². The molecule has 0 radical (unpaired) electrons. The minimum atomic E-state index is -4.18. The molecule has 1 aromatic rings. The second-order valence-electron chi connectivity index (χ2n) is 4.15. The van der Waals surface area contributed by atoms with Crippen molar-refractivity contribution in [1.82, 2.24) is 0 Å². The maximum Gasteiger partial charge on any atom is 0.294 e. The first kappa shape index (κ1) is 14.0. The summed E-state index contributed by atoms with van der Waals surface area (Å²) in [6.07, 6.45) is 4.89. The third-order valence-electron chi connectivity index (χ3n) is 2.67. The highest BCUT2D eigenvalue weighted by atomic mass is 32.2. The number of hydrogen-bond donors (Lipinski definition) is 2. The van der Waals surface area contributed by atoms with Crippen LogP contribution in [0.15, 0.2) is 23.1 Å². The van der Waals surface area contributed by atoms with E-state index in [2.05, 4.69) is 6.92 Å². The van der Waals surface area contributed by atoms with Gasteiger partial charge in [-0.3, -0.25) is 4.55 Å². The Labute approximate surface area is 103 Å². The van der Waals surface area contributed by atoms with E-state index in [9.17, 15) is 8.42 Å². The van der Waals surface area contributed by atoms with E-state index in [0.717, 1.165) is 25.7 Å². The monoisotopic (exact) mass is 257 g/mol. The second-order valence-corrected chi connectivity index (χ2v) is 5.54. The highest BCUT2D eigenvalue weighted by Gasteiger charge is 2.15. The molecule has 0 aliphatic rings. The Hall–Kier alpha value is -1.07. The van der Waals surface area contributed by atoms with Crippen LogP contribution in [0.5, 0.6) is 0 Å². The van der Waals surface area contributed by atoms with E-state index in [1.165, 1.54) is 6.07 Å². The van der Waals surface area contributed by atoms with Gasteiger partial charge >= 0.3 is 0 Å². The highest BCUT2D eigenvalue weighted by Crippen LogP contribution is 2.21. The zero-order chi connectivity index (χ0) is 12.9. The van der Waals surface area contributed by atoms with Crippen LogP contribution in [-0.4, -0.2) is 13.0 Å². The molecule has 1 aromatic carbocycles. The van der Waals surface area contributed by atoms with Gasteiger partial charge in [-0.2, -0.15) is 8.42 Å². The fraction of sp³-hybridized carbons (Fsp3) is 0.500. The molecule has 4 nitrogen and oxygen atoms in total. The van der Waals surface area contributed by atoms with Crippen molar-refractivity contribution in [2.24, 2.45) is 0 Å². The van der Waals surface area contributed by atoms with Crippen molar-refractivity contribution in [3.8, 4) is 0 Å². The Morgan fingerprint density at radius 2 is 1.94 bits per heavy atom. The van der Waals surface area contributed by atoms with Crippen LogP contribution in [-0.2, 0) is 16.5 Å². The van der Waals surface area contributed by atoms with E-state index in [1.807, 2.05) is 0 Å². The van der Waals surface area contributed by atoms with Gasteiger partial charge < -0.3 is 5.73 Å². The Balaban J connectivity index is 2.84. The molecule has 0 aliphatic heterocycles. The van der Waals surface area contributed by atoms with Crippen molar-refractivity contribution in [2.75, 3.05) is 5.73 Å². The number of anilines is 1. The number of nitrogens with two attached hydrogens (primary N) is 1. The van der Waals surface area contributed by atoms with Crippen molar-refractivity contribution in [3.05, 3.63) is 23.8 Å². The van der Waals surface area contributed by atoms with Gasteiger partial charge in [-0.25, -0.2) is 0 Å². The number of aryl methyl sites for hydroxylation is 1. The summed E-state index contributed by atoms with van der Waals surface area (Å²) in [5, 5.41) is 0. The standard InChI is InChI=1S/C12H19NO3S/c1-2-3-4-5-6-10-7-8-11(13)9-12(10)17(14,15)16/h7-9H,2-6,13H2,1H3,(H,14,15,16). The summed E-state index contributed by atoms with van der Waals surface area (Å²) in [5.74, 6) is 0. The predicted octanol–water partition coefficient (Wildman–Crippen LogP) is 2.64. The smallest absolute Gasteiger partial charge is 0.294 e. The third kappa shape index (κ3) is 4.36. The lowest BCUT2D eigenvalue weighted by molar-refractivity contribution is 0.481. The average molecular weight is 257 g/mol. The molecule has 0 spiro atoms. The van der Waals surface area contributed by atoms with E-state index < -0.39 is 10.1 Å². The first-order valence-corrected chi connectivity index (χ1v) is 7.25. The minimum absolute atomic E-state index is 0.0611. The van der Waals surface area contributed by atoms with Gasteiger partial charge in [-0.1, -0.05) is 32.3 Å². The van der Waals surface area contributed by atoms with Gasteiger partial charge in [-0.15, -0.1) is 0 Å². The van der Waals surface area contributed by atoms with Gasteiger partial charge in [0.2, 0.25) is 0 Å². The second kappa shape index (κ2) is 6.02. The van der Waals surface area contributed by atoms with Crippen LogP contribution < -0.4 is 5.73 Å². The van der Waals surface area contributed by atoms with Crippen LogP contribution in [0.4, 0.5) is 5.69 Å². The molecule has 0 heterocycles. The largest absolute Gasteiger partial charge is 0.399 e. The summed E-state index contributed by atoms with van der Waals surface area (Å²) >= 11 is 0. The molecule has 0 amide bonds. The lowest BCUT2D eigenvalue weighted by atomic mass is 10.1. The lowest BCUT2D eigenvalue weighted by Gasteiger charge is -2.07. The zero-order valence-electron chi connectivity index (χ0n) is 10.0. The third-order valence-corrected chi connectivity index (χ3v) is 3.60. The molecule has 0 saturated heterocycles. The number of rotatable bonds is 6. The molecule has 3 N–H and O–H groups in total. The summed E-state index contributed by atoms with van der Waals surface area (Å²) in [4.78, 5) is -0.0611. The van der Waals surface area contributed by atoms with Gasteiger partial charge in [0.1, 0.15) is 0 Å². The van der Waals surface area contributed by atoms with E-state index in [4.69, 9.17) is 10.3 Å². The first-order valence-electron chi connectivity index (χ1n) is 5.81. The van der Waals surface area contributed by atoms with Crippen molar-refractivity contribution in [1.29, 1.82) is 0 Å². The number of nitrogen functional groups attached to an aromatic ring is 1. The van der Waals surface area contributed by atoms with Gasteiger partial charge in [-0.05, 0) is 30.5 Å². The highest BCUT2D eigenvalue weighted by molar-refractivity contribution is 7.85. The Morgan fingerprint density at radius 1 is 1.24 bits per heavy atom. The molecule has 0 atom stereocenters. The quantitative estimate of drug-likeness (QED) is 0.466. The molecular weight excluding hydrogens is 238 g/mol. The predicted molar refractivity (Wildman–Crippen MR) is 68.5 cm³/mol. The van der Waals surface area contributed by atoms with Gasteiger partial charge in [0.15, 0.2) is 0 Å². The number of benzene rings is 1. The average Bonchev–Trinajstić information content (AvgIpc) is 2.25. The van der Waals surface area contributed by atoms with Crippen molar-refractivity contribution >= 4 is 15.8 Å². The van der Waals surface area contributed by atoms with Crippen molar-refractivity contribution in [3.63, 3.8) is 0 Å². The normalized spacial score (nSPS) is 11.6. The first-order chi connectivity index (χ1) is 7.95. The molecule has 5 heteroatoms. The maximum atomic E-state index is 11.2. The van der Waals surface area contributed by atoms with Crippen LogP contribution >= 0.6 is 0 Å². The van der Waals surface area contributed by atoms with Crippen molar-refractivity contribution < 1.29 is 13.0 Å². The fourth-order valence-electron chi connectivity index (χ4n) is 1.76. The summed E-state index contributed by atoms with van der Waals surface area (Å²) < 4.78 is 31.5. The molecule has 0 bridgehead atoms. The van der Waals surface area contributed by atoms with Crippen LogP contribution in [0.1, 0.15) is 38.2 Å². The van der Waals surface area contributed by atoms with Crippen LogP contribution in [0.2, 0.25) is 0 Å². The molecule has 0 aromatic heterocycles. The van der Waals surface area contributed by atoms with Crippen molar-refractivity contribution in [2.45, 2.75) is 43.9 Å². The topological polar surface area (TPSA) is 80.4 Å². The molecule has 0 unspecified atom stereocenters. The summed E-state index contributed by atoms with van der Waals surface area (Å²) in [6, 6.07) is 4.64. The molecule has 0 fully saturated rings. The van der Waals surface area contributed by atoms with E-state index >= 15 is 0 Å². The van der Waals surface area contributed by atoms with Gasteiger partial charge in [0.25, 0.3) is 10.1 Å². The molecule has 0 aliphatic carbocycles. The number of hydrogen-bond acceptors (Lipinski definition) is 3. The van der Waals surface area contributed by atoms with Crippen LogP contribution in [0.25, 0.3) is 0 Å². The van der Waals surface area contributed by atoms with Gasteiger partial charge in [0.05, 0.1) is 4.90 Å². The molecule has 0 saturated carbocycles. The van der Waals surface area contributed by atoms with Crippen LogP contribution in [0.3, 0.4) is 0 Å².